The Hall–Kier alpha value is -1.35. The van der Waals surface area contributed by atoms with E-state index in [2.05, 4.69) is 17.0 Å². The van der Waals surface area contributed by atoms with Gasteiger partial charge in [0.15, 0.2) is 6.61 Å². The third-order valence-corrected chi connectivity index (χ3v) is 6.57. The van der Waals surface area contributed by atoms with Crippen LogP contribution < -0.4 is 10.0 Å². The van der Waals surface area contributed by atoms with Gasteiger partial charge in [-0.25, -0.2) is 8.42 Å². The Morgan fingerprint density at radius 1 is 1.19 bits per heavy atom. The van der Waals surface area contributed by atoms with Crippen molar-refractivity contribution in [3.8, 4) is 0 Å². The average Bonchev–Trinajstić information content (AvgIpc) is 2.62. The lowest BCUT2D eigenvalue weighted by molar-refractivity contribution is -0.147. The van der Waals surface area contributed by atoms with Crippen molar-refractivity contribution in [3.05, 3.63) is 28.2 Å². The average molecular weight is 437 g/mol. The molecule has 0 heterocycles. The SMILES string of the molecule is CC1CCCCC1NC(=O)COC(=O)CNS(=O)(=O)c1ccc(Cl)c(Cl)c1. The van der Waals surface area contributed by atoms with Crippen LogP contribution in [0.15, 0.2) is 23.1 Å². The highest BCUT2D eigenvalue weighted by molar-refractivity contribution is 7.89. The van der Waals surface area contributed by atoms with Gasteiger partial charge in [0.25, 0.3) is 5.91 Å². The first-order valence-corrected chi connectivity index (χ1v) is 10.8. The van der Waals surface area contributed by atoms with Crippen LogP contribution in [0.4, 0.5) is 0 Å². The molecule has 1 aromatic rings. The Bertz CT molecular complexity index is 801. The molecule has 0 radical (unpaired) electrons. The minimum Gasteiger partial charge on any atom is -0.455 e. The van der Waals surface area contributed by atoms with Gasteiger partial charge in [0.1, 0.15) is 6.54 Å². The van der Waals surface area contributed by atoms with Crippen molar-refractivity contribution in [2.24, 2.45) is 5.92 Å². The second-order valence-corrected chi connectivity index (χ2v) is 9.08. The number of hydrogen-bond donors (Lipinski definition) is 2. The lowest BCUT2D eigenvalue weighted by Gasteiger charge is -2.29. The van der Waals surface area contributed by atoms with E-state index in [0.29, 0.717) is 5.92 Å². The zero-order chi connectivity index (χ0) is 20.0. The van der Waals surface area contributed by atoms with Crippen LogP contribution in [-0.4, -0.2) is 39.5 Å². The first-order valence-electron chi connectivity index (χ1n) is 8.59. The number of esters is 1. The standard InChI is InChI=1S/C17H22Cl2N2O5S/c1-11-4-2-3-5-15(11)21-16(22)10-26-17(23)9-20-27(24,25)12-6-7-13(18)14(19)8-12/h6-8,11,15,20H,2-5,9-10H2,1H3,(H,21,22). The number of ether oxygens (including phenoxy) is 1. The van der Waals surface area contributed by atoms with E-state index in [1.54, 1.807) is 0 Å². The normalized spacial score (nSPS) is 20.1. The van der Waals surface area contributed by atoms with E-state index < -0.39 is 35.1 Å². The number of hydrogen-bond acceptors (Lipinski definition) is 5. The van der Waals surface area contributed by atoms with Crippen LogP contribution in [0.2, 0.25) is 10.0 Å². The largest absolute Gasteiger partial charge is 0.455 e. The Morgan fingerprint density at radius 3 is 2.56 bits per heavy atom. The molecule has 1 aliphatic rings. The summed E-state index contributed by atoms with van der Waals surface area (Å²) in [5.41, 5.74) is 0. The molecular weight excluding hydrogens is 415 g/mol. The molecule has 1 amide bonds. The highest BCUT2D eigenvalue weighted by Crippen LogP contribution is 2.25. The number of benzene rings is 1. The van der Waals surface area contributed by atoms with E-state index in [9.17, 15) is 18.0 Å². The molecule has 2 unspecified atom stereocenters. The molecule has 2 N–H and O–H groups in total. The predicted molar refractivity (Wildman–Crippen MR) is 102 cm³/mol. The zero-order valence-corrected chi connectivity index (χ0v) is 17.2. The third kappa shape index (κ3) is 6.64. The first kappa shape index (κ1) is 21.9. The molecule has 1 aromatic carbocycles. The summed E-state index contributed by atoms with van der Waals surface area (Å²) in [7, 11) is -3.96. The smallest absolute Gasteiger partial charge is 0.321 e. The van der Waals surface area contributed by atoms with Crippen molar-refractivity contribution in [1.29, 1.82) is 0 Å². The van der Waals surface area contributed by atoms with Crippen LogP contribution >= 0.6 is 23.2 Å². The third-order valence-electron chi connectivity index (χ3n) is 4.43. The minimum atomic E-state index is -3.96. The molecule has 150 valence electrons. The monoisotopic (exact) mass is 436 g/mol. The maximum Gasteiger partial charge on any atom is 0.321 e. The molecule has 0 bridgehead atoms. The molecule has 1 fully saturated rings. The number of amides is 1. The van der Waals surface area contributed by atoms with Crippen LogP contribution in [0.1, 0.15) is 32.6 Å². The van der Waals surface area contributed by atoms with E-state index >= 15 is 0 Å². The molecule has 2 rings (SSSR count). The lowest BCUT2D eigenvalue weighted by atomic mass is 9.86. The van der Waals surface area contributed by atoms with Crippen LogP contribution in [-0.2, 0) is 24.3 Å². The van der Waals surface area contributed by atoms with Crippen molar-refractivity contribution in [2.45, 2.75) is 43.5 Å². The van der Waals surface area contributed by atoms with Crippen LogP contribution in [0, 0.1) is 5.92 Å². The number of halogens is 2. The van der Waals surface area contributed by atoms with Gasteiger partial charge in [-0.15, -0.1) is 0 Å². The summed E-state index contributed by atoms with van der Waals surface area (Å²) in [6, 6.07) is 3.86. The van der Waals surface area contributed by atoms with E-state index in [1.807, 2.05) is 0 Å². The van der Waals surface area contributed by atoms with E-state index in [4.69, 9.17) is 27.9 Å². The number of carbonyl (C=O) groups is 2. The molecule has 10 heteroatoms. The van der Waals surface area contributed by atoms with Crippen molar-refractivity contribution < 1.29 is 22.7 Å². The Labute approximate surface area is 168 Å². The maximum atomic E-state index is 12.1. The summed E-state index contributed by atoms with van der Waals surface area (Å²) in [5, 5.41) is 3.15. The summed E-state index contributed by atoms with van der Waals surface area (Å²) in [5.74, 6) is -0.865. The fourth-order valence-electron chi connectivity index (χ4n) is 2.86. The van der Waals surface area contributed by atoms with Gasteiger partial charge in [-0.2, -0.15) is 4.72 Å². The van der Waals surface area contributed by atoms with Gasteiger partial charge in [0, 0.05) is 6.04 Å². The number of carbonyl (C=O) groups excluding carboxylic acids is 2. The summed E-state index contributed by atoms with van der Waals surface area (Å²) >= 11 is 11.5. The molecule has 2 atom stereocenters. The van der Waals surface area contributed by atoms with Gasteiger partial charge >= 0.3 is 5.97 Å². The molecule has 0 aromatic heterocycles. The minimum absolute atomic E-state index is 0.0794. The van der Waals surface area contributed by atoms with Crippen LogP contribution in [0.5, 0.6) is 0 Å². The molecule has 1 saturated carbocycles. The van der Waals surface area contributed by atoms with Crippen molar-refractivity contribution >= 4 is 45.1 Å². The van der Waals surface area contributed by atoms with E-state index in [1.165, 1.54) is 18.2 Å². The Morgan fingerprint density at radius 2 is 1.89 bits per heavy atom. The quantitative estimate of drug-likeness (QED) is 0.639. The Kier molecular flexibility index (Phi) is 7.91. The molecule has 0 saturated heterocycles. The second kappa shape index (κ2) is 9.73. The van der Waals surface area contributed by atoms with Gasteiger partial charge < -0.3 is 10.1 Å². The van der Waals surface area contributed by atoms with Gasteiger partial charge in [-0.3, -0.25) is 9.59 Å². The zero-order valence-electron chi connectivity index (χ0n) is 14.8. The molecule has 27 heavy (non-hydrogen) atoms. The highest BCUT2D eigenvalue weighted by atomic mass is 35.5. The second-order valence-electron chi connectivity index (χ2n) is 6.50. The van der Waals surface area contributed by atoms with E-state index in [0.717, 1.165) is 25.7 Å². The molecule has 0 spiro atoms. The lowest BCUT2D eigenvalue weighted by Crippen LogP contribution is -2.43. The van der Waals surface area contributed by atoms with Gasteiger partial charge in [0.05, 0.1) is 14.9 Å². The molecule has 1 aliphatic carbocycles. The molecule has 7 nitrogen and oxygen atoms in total. The van der Waals surface area contributed by atoms with Crippen molar-refractivity contribution in [1.82, 2.24) is 10.0 Å². The summed E-state index contributed by atoms with van der Waals surface area (Å²) in [6.07, 6.45) is 4.18. The molecule has 0 aliphatic heterocycles. The van der Waals surface area contributed by atoms with E-state index in [-0.39, 0.29) is 21.0 Å². The Balaban J connectivity index is 1.78. The molecular formula is C17H22Cl2N2O5S. The summed E-state index contributed by atoms with van der Waals surface area (Å²) in [4.78, 5) is 23.5. The first-order chi connectivity index (χ1) is 12.7. The number of rotatable bonds is 7. The van der Waals surface area contributed by atoms with Gasteiger partial charge in [-0.1, -0.05) is 43.0 Å². The fraction of sp³-hybridized carbons (Fsp3) is 0.529. The van der Waals surface area contributed by atoms with Crippen molar-refractivity contribution in [3.63, 3.8) is 0 Å². The van der Waals surface area contributed by atoms with Crippen molar-refractivity contribution in [2.75, 3.05) is 13.2 Å². The summed E-state index contributed by atoms with van der Waals surface area (Å²) < 4.78 is 31.2. The highest BCUT2D eigenvalue weighted by Gasteiger charge is 2.23. The van der Waals surface area contributed by atoms with Gasteiger partial charge in [-0.05, 0) is 37.0 Å². The van der Waals surface area contributed by atoms with Crippen LogP contribution in [0.25, 0.3) is 0 Å². The number of sulfonamides is 1. The van der Waals surface area contributed by atoms with Crippen LogP contribution in [0.3, 0.4) is 0 Å². The number of nitrogens with one attached hydrogen (secondary N) is 2. The fourth-order valence-corrected chi connectivity index (χ4v) is 4.22. The maximum absolute atomic E-state index is 12.1. The predicted octanol–water partition coefficient (Wildman–Crippen LogP) is 2.51. The topological polar surface area (TPSA) is 102 Å². The van der Waals surface area contributed by atoms with Gasteiger partial charge in [0.2, 0.25) is 10.0 Å². The summed E-state index contributed by atoms with van der Waals surface area (Å²) in [6.45, 7) is 1.03.